The normalized spacial score (nSPS) is 11.2. The number of aliphatic imine (C=N–C) groups is 1. The van der Waals surface area contributed by atoms with Crippen molar-refractivity contribution < 1.29 is 4.74 Å². The number of hydrogen-bond donors (Lipinski definition) is 2. The Morgan fingerprint density at radius 2 is 1.97 bits per heavy atom. The number of aromatic nitrogens is 3. The molecule has 2 heterocycles. The molecule has 0 aliphatic carbocycles. The molecule has 0 unspecified atom stereocenters. The third-order valence-corrected chi connectivity index (χ3v) is 4.78. The molecule has 1 aromatic carbocycles. The van der Waals surface area contributed by atoms with Gasteiger partial charge in [0, 0.05) is 37.8 Å². The summed E-state index contributed by atoms with van der Waals surface area (Å²) in [6, 6.07) is 11.6. The minimum absolute atomic E-state index is 0. The molecule has 0 spiro atoms. The van der Waals surface area contributed by atoms with E-state index in [9.17, 15) is 0 Å². The lowest BCUT2D eigenvalue weighted by atomic mass is 10.1. The van der Waals surface area contributed by atoms with Gasteiger partial charge in [-0.2, -0.15) is 0 Å². The third kappa shape index (κ3) is 6.46. The number of guanidine groups is 1. The van der Waals surface area contributed by atoms with Crippen LogP contribution >= 0.6 is 35.6 Å². The molecule has 0 aliphatic rings. The minimum Gasteiger partial charge on any atom is -0.497 e. The molecule has 0 bridgehead atoms. The van der Waals surface area contributed by atoms with E-state index in [4.69, 9.17) is 16.3 Å². The van der Waals surface area contributed by atoms with Crippen molar-refractivity contribution >= 4 is 47.2 Å². The van der Waals surface area contributed by atoms with E-state index in [1.807, 2.05) is 47.0 Å². The highest BCUT2D eigenvalue weighted by Crippen LogP contribution is 2.22. The Bertz CT molecular complexity index is 946. The van der Waals surface area contributed by atoms with Crippen LogP contribution in [0.3, 0.4) is 0 Å². The monoisotopic (exact) mass is 528 g/mol. The summed E-state index contributed by atoms with van der Waals surface area (Å²) in [6.45, 7) is 1.53. The number of methoxy groups -OCH3 is 1. The highest BCUT2D eigenvalue weighted by atomic mass is 127. The largest absolute Gasteiger partial charge is 0.497 e. The lowest BCUT2D eigenvalue weighted by Gasteiger charge is -2.12. The van der Waals surface area contributed by atoms with Gasteiger partial charge < -0.3 is 15.4 Å². The predicted octanol–water partition coefficient (Wildman–Crippen LogP) is 3.35. The number of benzene rings is 1. The van der Waals surface area contributed by atoms with Gasteiger partial charge in [-0.25, -0.2) is 0 Å². The van der Waals surface area contributed by atoms with E-state index >= 15 is 0 Å². The van der Waals surface area contributed by atoms with E-state index in [2.05, 4.69) is 25.8 Å². The van der Waals surface area contributed by atoms with Gasteiger partial charge in [-0.15, -0.1) is 34.2 Å². The number of ether oxygens (including phenoxy) is 1. The van der Waals surface area contributed by atoms with Gasteiger partial charge in [0.15, 0.2) is 11.6 Å². The van der Waals surface area contributed by atoms with E-state index < -0.39 is 0 Å². The molecular formula is C20H26ClIN6O. The summed E-state index contributed by atoms with van der Waals surface area (Å²) in [6.07, 6.45) is 4.56. The Morgan fingerprint density at radius 1 is 1.14 bits per heavy atom. The fourth-order valence-corrected chi connectivity index (χ4v) is 3.17. The topological polar surface area (TPSA) is 75.8 Å². The average molecular weight is 529 g/mol. The third-order valence-electron chi connectivity index (χ3n) is 4.42. The fourth-order valence-electron chi connectivity index (χ4n) is 2.91. The van der Waals surface area contributed by atoms with Gasteiger partial charge in [-0.1, -0.05) is 23.7 Å². The lowest BCUT2D eigenvalue weighted by molar-refractivity contribution is 0.414. The molecule has 156 valence electrons. The van der Waals surface area contributed by atoms with Gasteiger partial charge in [0.05, 0.1) is 7.11 Å². The Hall–Kier alpha value is -2.07. The first-order valence-corrected chi connectivity index (χ1v) is 9.64. The molecule has 29 heavy (non-hydrogen) atoms. The van der Waals surface area contributed by atoms with E-state index in [1.165, 1.54) is 0 Å². The molecule has 3 aromatic rings. The summed E-state index contributed by atoms with van der Waals surface area (Å²) in [5.41, 5.74) is 1.95. The molecule has 9 heteroatoms. The first kappa shape index (κ1) is 23.2. The van der Waals surface area contributed by atoms with Crippen molar-refractivity contribution in [3.05, 3.63) is 59.0 Å². The van der Waals surface area contributed by atoms with Crippen molar-refractivity contribution in [1.82, 2.24) is 25.2 Å². The van der Waals surface area contributed by atoms with Crippen LogP contribution in [0.4, 0.5) is 0 Å². The van der Waals surface area contributed by atoms with Crippen molar-refractivity contribution in [1.29, 1.82) is 0 Å². The molecule has 0 radical (unpaired) electrons. The van der Waals surface area contributed by atoms with E-state index in [0.717, 1.165) is 61.1 Å². The van der Waals surface area contributed by atoms with Gasteiger partial charge in [0.25, 0.3) is 0 Å². The maximum Gasteiger partial charge on any atom is 0.190 e. The number of aryl methyl sites for hydroxylation is 1. The van der Waals surface area contributed by atoms with Crippen LogP contribution in [0.2, 0.25) is 5.02 Å². The second-order valence-corrected chi connectivity index (χ2v) is 6.69. The van der Waals surface area contributed by atoms with Crippen LogP contribution < -0.4 is 15.4 Å². The number of pyridine rings is 1. The molecule has 2 N–H and O–H groups in total. The molecule has 0 fully saturated rings. The van der Waals surface area contributed by atoms with E-state index in [-0.39, 0.29) is 24.0 Å². The summed E-state index contributed by atoms with van der Waals surface area (Å²) in [5.74, 6) is 2.50. The highest BCUT2D eigenvalue weighted by Gasteiger charge is 2.05. The number of nitrogens with zero attached hydrogens (tertiary/aromatic N) is 4. The van der Waals surface area contributed by atoms with Gasteiger partial charge in [0.1, 0.15) is 11.6 Å². The van der Waals surface area contributed by atoms with Crippen molar-refractivity contribution in [3.63, 3.8) is 0 Å². The Labute approximate surface area is 192 Å². The smallest absolute Gasteiger partial charge is 0.190 e. The number of hydrogen-bond acceptors (Lipinski definition) is 4. The van der Waals surface area contributed by atoms with Crippen LogP contribution in [0.5, 0.6) is 5.75 Å². The highest BCUT2D eigenvalue weighted by molar-refractivity contribution is 14.0. The van der Waals surface area contributed by atoms with Crippen molar-refractivity contribution in [2.24, 2.45) is 4.99 Å². The fraction of sp³-hybridized carbons (Fsp3) is 0.350. The summed E-state index contributed by atoms with van der Waals surface area (Å²) in [7, 11) is 3.40. The van der Waals surface area contributed by atoms with Crippen molar-refractivity contribution in [3.8, 4) is 5.75 Å². The molecule has 0 saturated heterocycles. The van der Waals surface area contributed by atoms with Crippen molar-refractivity contribution in [2.75, 3.05) is 27.2 Å². The number of rotatable bonds is 8. The maximum absolute atomic E-state index is 6.28. The average Bonchev–Trinajstić information content (AvgIpc) is 3.14. The molecule has 2 aromatic heterocycles. The Morgan fingerprint density at radius 3 is 2.72 bits per heavy atom. The summed E-state index contributed by atoms with van der Waals surface area (Å²) < 4.78 is 7.20. The van der Waals surface area contributed by atoms with Gasteiger partial charge >= 0.3 is 0 Å². The van der Waals surface area contributed by atoms with Gasteiger partial charge in [-0.05, 0) is 42.7 Å². The Kier molecular flexibility index (Phi) is 9.46. The van der Waals surface area contributed by atoms with Crippen molar-refractivity contribution in [2.45, 2.75) is 19.3 Å². The van der Waals surface area contributed by atoms with Crippen LogP contribution in [0.25, 0.3) is 5.65 Å². The van der Waals surface area contributed by atoms with Gasteiger partial charge in [0.2, 0.25) is 0 Å². The maximum atomic E-state index is 6.28. The molecule has 0 amide bonds. The Balaban J connectivity index is 0.00000300. The van der Waals surface area contributed by atoms with Crippen LogP contribution in [0.15, 0.2) is 47.6 Å². The van der Waals surface area contributed by atoms with E-state index in [0.29, 0.717) is 5.02 Å². The first-order chi connectivity index (χ1) is 13.7. The first-order valence-electron chi connectivity index (χ1n) is 9.27. The van der Waals surface area contributed by atoms with Crippen LogP contribution in [-0.2, 0) is 12.8 Å². The summed E-state index contributed by atoms with van der Waals surface area (Å²) in [5, 5.41) is 15.8. The zero-order chi connectivity index (χ0) is 19.8. The van der Waals surface area contributed by atoms with Crippen LogP contribution in [0, 0.1) is 0 Å². The van der Waals surface area contributed by atoms with Crippen LogP contribution in [-0.4, -0.2) is 47.8 Å². The quantitative estimate of drug-likeness (QED) is 0.203. The summed E-state index contributed by atoms with van der Waals surface area (Å²) in [4.78, 5) is 4.26. The molecule has 0 saturated carbocycles. The molecule has 3 rings (SSSR count). The molecular weight excluding hydrogens is 503 g/mol. The number of fused-ring (bicyclic) bond motifs is 1. The van der Waals surface area contributed by atoms with E-state index in [1.54, 1.807) is 14.2 Å². The predicted molar refractivity (Wildman–Crippen MR) is 128 cm³/mol. The minimum atomic E-state index is 0. The molecule has 0 aliphatic heterocycles. The second kappa shape index (κ2) is 11.8. The number of nitrogens with one attached hydrogen (secondary N) is 2. The zero-order valence-electron chi connectivity index (χ0n) is 16.6. The zero-order valence-corrected chi connectivity index (χ0v) is 19.6. The lowest BCUT2D eigenvalue weighted by Crippen LogP contribution is -2.38. The summed E-state index contributed by atoms with van der Waals surface area (Å²) >= 11 is 6.28. The molecule has 7 nitrogen and oxygen atoms in total. The van der Waals surface area contributed by atoms with Gasteiger partial charge in [-0.3, -0.25) is 9.39 Å². The SMILES string of the molecule is CN=C(NCCCc1nnc2ccccn12)NCCc1ccc(OC)cc1Cl.I. The standard InChI is InChI=1S/C20H25ClN6O.HI/c1-22-20(24-12-10-15-8-9-16(28-2)14-17(15)21)23-11-5-7-19-26-25-18-6-3-4-13-27(18)19;/h3-4,6,8-9,13-14H,5,7,10-12H2,1-2H3,(H2,22,23,24);1H. The second-order valence-electron chi connectivity index (χ2n) is 6.28. The number of halogens is 2. The van der Waals surface area contributed by atoms with Crippen LogP contribution in [0.1, 0.15) is 17.8 Å². The molecule has 0 atom stereocenters.